The van der Waals surface area contributed by atoms with E-state index in [-0.39, 0.29) is 63.1 Å². The predicted octanol–water partition coefficient (Wildman–Crippen LogP) is 13.0. The third-order valence-corrected chi connectivity index (χ3v) is 20.2. The maximum Gasteiger partial charge on any atom is 0.407 e. The number of rotatable bonds is 48. The number of hydrogen-bond acceptors (Lipinski definition) is 17. The first kappa shape index (κ1) is 93.5. The third kappa shape index (κ3) is 31.4. The summed E-state index contributed by atoms with van der Waals surface area (Å²) in [6, 6.07) is 28.6. The molecule has 1 aliphatic rings. The molecule has 0 saturated carbocycles. The van der Waals surface area contributed by atoms with E-state index in [4.69, 9.17) is 28.4 Å². The van der Waals surface area contributed by atoms with Crippen LogP contribution in [0.3, 0.4) is 0 Å². The molecule has 115 heavy (non-hydrogen) atoms. The van der Waals surface area contributed by atoms with Crippen molar-refractivity contribution in [1.82, 2.24) is 42.5 Å². The summed E-state index contributed by atoms with van der Waals surface area (Å²) in [5, 5.41) is 22.1. The largest absolute Gasteiger partial charge is 0.497 e. The Hall–Kier alpha value is -10.3. The molecule has 0 aliphatic heterocycles. The zero-order chi connectivity index (χ0) is 84.3. The highest BCUT2D eigenvalue weighted by Gasteiger charge is 2.39. The van der Waals surface area contributed by atoms with Crippen LogP contribution in [0.2, 0.25) is 0 Å². The van der Waals surface area contributed by atoms with Gasteiger partial charge in [0.25, 0.3) is 0 Å². The Kier molecular flexibility index (Phi) is 38.6. The van der Waals surface area contributed by atoms with Gasteiger partial charge in [-0.2, -0.15) is 0 Å². The fourth-order valence-electron chi connectivity index (χ4n) is 13.7. The highest BCUT2D eigenvalue weighted by molar-refractivity contribution is 5.98. The Morgan fingerprint density at radius 1 is 0.452 bits per heavy atom. The molecule has 5 aromatic carbocycles. The second kappa shape index (κ2) is 47.5. The van der Waals surface area contributed by atoms with Gasteiger partial charge in [0.2, 0.25) is 41.4 Å². The van der Waals surface area contributed by atoms with Gasteiger partial charge < -0.3 is 71.0 Å². The highest BCUT2D eigenvalue weighted by Crippen LogP contribution is 2.44. The highest BCUT2D eigenvalue weighted by atomic mass is 16.6. The van der Waals surface area contributed by atoms with Crippen LogP contribution in [0.5, 0.6) is 11.5 Å². The Balaban J connectivity index is 1.17. The van der Waals surface area contributed by atoms with Gasteiger partial charge >= 0.3 is 24.0 Å². The van der Waals surface area contributed by atoms with E-state index in [1.54, 1.807) is 80.0 Å². The van der Waals surface area contributed by atoms with E-state index in [0.717, 1.165) is 71.0 Å². The summed E-state index contributed by atoms with van der Waals surface area (Å²) < 4.78 is 34.1. The summed E-state index contributed by atoms with van der Waals surface area (Å²) in [6.45, 7) is 22.5. The minimum atomic E-state index is -1.70. The second-order valence-corrected chi connectivity index (χ2v) is 32.2. The number of alkyl carbamates (subject to hydrolysis) is 1. The van der Waals surface area contributed by atoms with Crippen molar-refractivity contribution in [2.45, 2.75) is 272 Å². The third-order valence-electron chi connectivity index (χ3n) is 20.2. The maximum atomic E-state index is 14.8. The molecule has 0 aromatic heterocycles. The topological polar surface area (TPSA) is 339 Å². The standard InChI is InChI=1S/C90H126N8O17/c1-16-18-19-20-21-22-23-24-28-35-66(52-77(100)112-54-61-33-26-25-27-34-61)114-88(108)80(59(9)17-2)98-86(106)74(51-57(5)6)93-85(105)75(53-78(101)115-90(11,12)13)94-87(107)79(58(7)8)97-82(102)60(10)91-84(104)73(50-56(3)4)92-83(103)72(95-89(109)113-55-71-69-38-31-29-36-67(69)68-37-30-32-39-70(68)71)48-49-76(99)96-81(62-40-44-64(110-14)45-41-62)63-42-46-65(111-15)47-43-63/h25-27,29-34,36-47,56-60,66,71-75,79-81H,16-24,28,35,48-55H2,1-15H3,(H,91,104)(H,92,103)(H,93,105)(H,94,107)(H,95,109)(H,96,99)(H,97,102)(H,98,106)/t59-,60+,66?,72-,73-,74+,75-,79-,80-/m0/s1. The molecule has 8 N–H and O–H groups in total. The first-order valence-corrected chi connectivity index (χ1v) is 40.9. The molecule has 0 saturated heterocycles. The maximum absolute atomic E-state index is 14.8. The quantitative estimate of drug-likeness (QED) is 0.0102. The molecule has 628 valence electrons. The van der Waals surface area contributed by atoms with Crippen LogP contribution in [0.1, 0.15) is 239 Å². The molecule has 1 unspecified atom stereocenters. The summed E-state index contributed by atoms with van der Waals surface area (Å²) in [7, 11) is 3.09. The zero-order valence-electron chi connectivity index (χ0n) is 70.1. The van der Waals surface area contributed by atoms with Crippen molar-refractivity contribution < 1.29 is 81.2 Å². The van der Waals surface area contributed by atoms with Crippen molar-refractivity contribution in [2.75, 3.05) is 20.8 Å². The van der Waals surface area contributed by atoms with Crippen molar-refractivity contribution >= 4 is 65.4 Å². The smallest absolute Gasteiger partial charge is 0.407 e. The molecule has 5 aromatic rings. The number of carbonyl (C=O) groups is 11. The van der Waals surface area contributed by atoms with Gasteiger partial charge in [-0.3, -0.25) is 43.2 Å². The second-order valence-electron chi connectivity index (χ2n) is 32.2. The number of unbranched alkanes of at least 4 members (excludes halogenated alkanes) is 8. The molecule has 9 atom stereocenters. The van der Waals surface area contributed by atoms with Gasteiger partial charge in [-0.05, 0) is 147 Å². The number of nitrogens with one attached hydrogen (secondary N) is 8. The van der Waals surface area contributed by atoms with E-state index < -0.39 is 144 Å². The normalized spacial score (nSPS) is 14.2. The zero-order valence-corrected chi connectivity index (χ0v) is 70.1. The molecule has 6 rings (SSSR count). The molecule has 0 heterocycles. The Morgan fingerprint density at radius 2 is 0.939 bits per heavy atom. The van der Waals surface area contributed by atoms with Crippen molar-refractivity contribution in [3.05, 3.63) is 155 Å². The molecule has 0 fully saturated rings. The molecule has 8 amide bonds. The predicted molar refractivity (Wildman–Crippen MR) is 441 cm³/mol. The Morgan fingerprint density at radius 3 is 1.45 bits per heavy atom. The van der Waals surface area contributed by atoms with E-state index in [1.165, 1.54) is 26.2 Å². The summed E-state index contributed by atoms with van der Waals surface area (Å²) in [5.41, 5.74) is 5.11. The van der Waals surface area contributed by atoms with Crippen LogP contribution >= 0.6 is 0 Å². The minimum Gasteiger partial charge on any atom is -0.497 e. The van der Waals surface area contributed by atoms with Crippen LogP contribution in [0, 0.1) is 23.7 Å². The lowest BCUT2D eigenvalue weighted by atomic mass is 9.97. The number of esters is 3. The van der Waals surface area contributed by atoms with E-state index >= 15 is 0 Å². The summed E-state index contributed by atoms with van der Waals surface area (Å²) in [6.07, 6.45) is 7.01. The van der Waals surface area contributed by atoms with Gasteiger partial charge in [0.15, 0.2) is 0 Å². The first-order chi connectivity index (χ1) is 54.8. The molecule has 0 spiro atoms. The van der Waals surface area contributed by atoms with Crippen LogP contribution < -0.4 is 52.0 Å². The monoisotopic (exact) mass is 1590 g/mol. The number of carbonyl (C=O) groups excluding carboxylic acids is 11. The van der Waals surface area contributed by atoms with E-state index in [0.29, 0.717) is 30.8 Å². The molecule has 0 radical (unpaired) electrons. The molecular formula is C90H126N8O17. The molecule has 25 nitrogen and oxygen atoms in total. The molecule has 1 aliphatic carbocycles. The number of methoxy groups -OCH3 is 2. The van der Waals surface area contributed by atoms with Crippen LogP contribution in [-0.2, 0) is 73.5 Å². The SMILES string of the molecule is CCCCCCCCCCCC(CC(=O)OCc1ccccc1)OC(=O)[C@@H](NC(=O)[C@@H](CC(C)C)NC(=O)[C@H](CC(=O)OC(C)(C)C)NC(=O)[C@@H](NC(=O)[C@@H](C)NC(=O)[C@H](CC(C)C)NC(=O)[C@H](CCC(=O)NC(c1ccc(OC)cc1)c1ccc(OC)cc1)NC(=O)OCC1c2ccccc2-c2ccccc21)C(C)C)[C@@H](C)CC. The van der Waals surface area contributed by atoms with Gasteiger partial charge in [-0.15, -0.1) is 0 Å². The van der Waals surface area contributed by atoms with Crippen molar-refractivity contribution in [3.63, 3.8) is 0 Å². The van der Waals surface area contributed by atoms with Crippen LogP contribution in [0.4, 0.5) is 4.79 Å². The fourth-order valence-corrected chi connectivity index (χ4v) is 13.7. The van der Waals surface area contributed by atoms with E-state index in [9.17, 15) is 52.7 Å². The number of ether oxygens (including phenoxy) is 6. The van der Waals surface area contributed by atoms with Crippen LogP contribution in [-0.4, -0.2) is 140 Å². The van der Waals surface area contributed by atoms with Gasteiger partial charge in [-0.25, -0.2) is 9.59 Å². The minimum absolute atomic E-state index is 0.0332. The van der Waals surface area contributed by atoms with E-state index in [2.05, 4.69) is 49.5 Å². The van der Waals surface area contributed by atoms with Crippen molar-refractivity contribution in [2.24, 2.45) is 23.7 Å². The molecule has 0 bridgehead atoms. The average molecular weight is 1590 g/mol. The van der Waals surface area contributed by atoms with Gasteiger partial charge in [0.05, 0.1) is 33.1 Å². The van der Waals surface area contributed by atoms with Crippen LogP contribution in [0.25, 0.3) is 11.1 Å². The number of fused-ring (bicyclic) bond motifs is 3. The lowest BCUT2D eigenvalue weighted by Crippen LogP contribution is -2.61. The number of amides is 8. The van der Waals surface area contributed by atoms with Crippen molar-refractivity contribution in [1.29, 1.82) is 0 Å². The fraction of sp³-hybridized carbons (Fsp3) is 0.544. The summed E-state index contributed by atoms with van der Waals surface area (Å²) in [4.78, 5) is 158. The first-order valence-electron chi connectivity index (χ1n) is 40.9. The number of hydrogen-bond donors (Lipinski definition) is 8. The Labute approximate surface area is 679 Å². The molecule has 25 heteroatoms. The summed E-state index contributed by atoms with van der Waals surface area (Å²) in [5.74, 6) is -8.60. The number of benzene rings is 5. The lowest BCUT2D eigenvalue weighted by Gasteiger charge is -2.30. The summed E-state index contributed by atoms with van der Waals surface area (Å²) >= 11 is 0. The van der Waals surface area contributed by atoms with Crippen molar-refractivity contribution in [3.8, 4) is 22.6 Å². The van der Waals surface area contributed by atoms with Gasteiger partial charge in [0, 0.05) is 12.3 Å². The Bertz CT molecular complexity index is 3860. The van der Waals surface area contributed by atoms with E-state index in [1.807, 2.05) is 138 Å². The molecular weight excluding hydrogens is 1470 g/mol. The van der Waals surface area contributed by atoms with Crippen LogP contribution in [0.15, 0.2) is 127 Å². The van der Waals surface area contributed by atoms with Gasteiger partial charge in [-0.1, -0.05) is 223 Å². The lowest BCUT2D eigenvalue weighted by molar-refractivity contribution is -0.160. The average Bonchev–Trinajstić information content (AvgIpc) is 1.62. The van der Waals surface area contributed by atoms with Gasteiger partial charge in [0.1, 0.15) is 78.7 Å².